The molecule has 0 unspecified atom stereocenters. The van der Waals surface area contributed by atoms with Gasteiger partial charge in [-0.25, -0.2) is 9.97 Å². The van der Waals surface area contributed by atoms with Crippen LogP contribution in [0.1, 0.15) is 15.9 Å². The van der Waals surface area contributed by atoms with Gasteiger partial charge in [0, 0.05) is 35.8 Å². The van der Waals surface area contributed by atoms with Gasteiger partial charge in [0.2, 0.25) is 5.95 Å². The Balaban J connectivity index is 1.69. The van der Waals surface area contributed by atoms with Crippen LogP contribution in [0.2, 0.25) is 0 Å². The van der Waals surface area contributed by atoms with Gasteiger partial charge in [0.25, 0.3) is 5.91 Å². The lowest BCUT2D eigenvalue weighted by molar-refractivity contribution is 0.102. The molecular weight excluding hydrogens is 366 g/mol. The van der Waals surface area contributed by atoms with E-state index in [1.165, 1.54) is 0 Å². The molecule has 0 saturated carbocycles. The van der Waals surface area contributed by atoms with Crippen molar-refractivity contribution in [2.45, 2.75) is 6.92 Å². The fraction of sp³-hybridized carbons (Fsp3) is 0.227. The van der Waals surface area contributed by atoms with Crippen LogP contribution in [-0.2, 0) is 0 Å². The number of amides is 1. The second-order valence-electron chi connectivity index (χ2n) is 6.99. The molecule has 1 heterocycles. The van der Waals surface area contributed by atoms with E-state index in [0.29, 0.717) is 17.9 Å². The quantitative estimate of drug-likeness (QED) is 0.642. The Kier molecular flexibility index (Phi) is 6.41. The minimum absolute atomic E-state index is 0.191. The van der Waals surface area contributed by atoms with Crippen LogP contribution in [0, 0.1) is 6.92 Å². The van der Waals surface area contributed by atoms with E-state index >= 15 is 0 Å². The summed E-state index contributed by atoms with van der Waals surface area (Å²) in [6, 6.07) is 12.9. The van der Waals surface area contributed by atoms with E-state index < -0.39 is 0 Å². The Hall–Kier alpha value is -3.45. The lowest BCUT2D eigenvalue weighted by Gasteiger charge is -2.12. The summed E-state index contributed by atoms with van der Waals surface area (Å²) >= 11 is 0. The number of aromatic nitrogens is 2. The Morgan fingerprint density at radius 3 is 2.45 bits per heavy atom. The number of carbonyl (C=O) groups excluding carboxylic acids is 1. The van der Waals surface area contributed by atoms with Crippen LogP contribution in [0.3, 0.4) is 0 Å². The molecule has 0 saturated heterocycles. The summed E-state index contributed by atoms with van der Waals surface area (Å²) in [5, 5.41) is 2.91. The number of hydrogen-bond donors (Lipinski definition) is 2. The van der Waals surface area contributed by atoms with Gasteiger partial charge in [-0.2, -0.15) is 0 Å². The van der Waals surface area contributed by atoms with E-state index in [4.69, 9.17) is 10.5 Å². The van der Waals surface area contributed by atoms with Crippen molar-refractivity contribution < 1.29 is 9.53 Å². The van der Waals surface area contributed by atoms with Crippen LogP contribution in [0.5, 0.6) is 5.75 Å². The maximum absolute atomic E-state index is 12.7. The number of nitrogens with two attached hydrogens (primary N) is 1. The van der Waals surface area contributed by atoms with Gasteiger partial charge in [-0.1, -0.05) is 6.07 Å². The summed E-state index contributed by atoms with van der Waals surface area (Å²) in [5.74, 6) is 0.796. The molecule has 0 fully saturated rings. The van der Waals surface area contributed by atoms with Gasteiger partial charge in [-0.3, -0.25) is 4.79 Å². The molecule has 0 spiro atoms. The zero-order valence-corrected chi connectivity index (χ0v) is 16.8. The van der Waals surface area contributed by atoms with Gasteiger partial charge in [0.1, 0.15) is 12.4 Å². The maximum atomic E-state index is 12.7. The van der Waals surface area contributed by atoms with Gasteiger partial charge in [0.05, 0.1) is 0 Å². The van der Waals surface area contributed by atoms with Crippen LogP contribution in [0.4, 0.5) is 11.6 Å². The van der Waals surface area contributed by atoms with E-state index in [-0.39, 0.29) is 11.9 Å². The monoisotopic (exact) mass is 391 g/mol. The number of ether oxygens (including phenoxy) is 1. The van der Waals surface area contributed by atoms with Crippen molar-refractivity contribution in [2.24, 2.45) is 0 Å². The predicted molar refractivity (Wildman–Crippen MR) is 115 cm³/mol. The summed E-state index contributed by atoms with van der Waals surface area (Å²) in [6.45, 7) is 3.43. The number of carbonyl (C=O) groups is 1. The third-order valence-electron chi connectivity index (χ3n) is 4.40. The van der Waals surface area contributed by atoms with Crippen LogP contribution in [0.25, 0.3) is 11.1 Å². The van der Waals surface area contributed by atoms with Crippen molar-refractivity contribution >= 4 is 17.5 Å². The Morgan fingerprint density at radius 2 is 1.79 bits per heavy atom. The van der Waals surface area contributed by atoms with Gasteiger partial charge in [0.15, 0.2) is 0 Å². The van der Waals surface area contributed by atoms with Gasteiger partial charge in [-0.05, 0) is 68.5 Å². The standard InChI is InChI=1S/C22H25N5O2/c1-15-4-5-16(12-20(15)17-13-24-22(23)25-14-17)21(28)26-18-6-8-19(9-7-18)29-11-10-27(2)3/h4-9,12-14H,10-11H2,1-3H3,(H,26,28)(H2,23,24,25). The number of nitrogen functional groups attached to an aromatic ring is 1. The Bertz CT molecular complexity index is 969. The molecule has 2 aromatic carbocycles. The lowest BCUT2D eigenvalue weighted by Crippen LogP contribution is -2.19. The average molecular weight is 391 g/mol. The normalized spacial score (nSPS) is 10.8. The highest BCUT2D eigenvalue weighted by Crippen LogP contribution is 2.24. The molecule has 3 aromatic rings. The summed E-state index contributed by atoms with van der Waals surface area (Å²) in [4.78, 5) is 22.8. The zero-order chi connectivity index (χ0) is 20.8. The van der Waals surface area contributed by atoms with Crippen LogP contribution in [-0.4, -0.2) is 48.0 Å². The van der Waals surface area contributed by atoms with E-state index in [1.807, 2.05) is 57.4 Å². The van der Waals surface area contributed by atoms with E-state index in [1.54, 1.807) is 18.5 Å². The first kappa shape index (κ1) is 20.3. The second-order valence-corrected chi connectivity index (χ2v) is 6.99. The lowest BCUT2D eigenvalue weighted by atomic mass is 10.00. The minimum Gasteiger partial charge on any atom is -0.492 e. The molecule has 0 aliphatic rings. The summed E-state index contributed by atoms with van der Waals surface area (Å²) < 4.78 is 5.67. The van der Waals surface area contributed by atoms with Crippen molar-refractivity contribution in [1.82, 2.24) is 14.9 Å². The van der Waals surface area contributed by atoms with Crippen LogP contribution < -0.4 is 15.8 Å². The van der Waals surface area contributed by atoms with Crippen molar-refractivity contribution in [3.05, 3.63) is 66.0 Å². The van der Waals surface area contributed by atoms with Gasteiger partial charge < -0.3 is 20.7 Å². The Morgan fingerprint density at radius 1 is 1.10 bits per heavy atom. The highest BCUT2D eigenvalue weighted by Gasteiger charge is 2.11. The number of likely N-dealkylation sites (N-methyl/N-ethyl adjacent to an activating group) is 1. The first-order valence-electron chi connectivity index (χ1n) is 9.30. The molecule has 3 rings (SSSR count). The number of hydrogen-bond acceptors (Lipinski definition) is 6. The first-order valence-corrected chi connectivity index (χ1v) is 9.30. The summed E-state index contributed by atoms with van der Waals surface area (Å²) in [5.41, 5.74) is 9.54. The maximum Gasteiger partial charge on any atom is 0.255 e. The predicted octanol–water partition coefficient (Wildman–Crippen LogP) is 3.23. The number of nitrogens with one attached hydrogen (secondary N) is 1. The molecule has 29 heavy (non-hydrogen) atoms. The smallest absolute Gasteiger partial charge is 0.255 e. The Labute approximate surface area is 170 Å². The van der Waals surface area contributed by atoms with Crippen LogP contribution >= 0.6 is 0 Å². The fourth-order valence-corrected chi connectivity index (χ4v) is 2.74. The molecule has 0 aliphatic heterocycles. The topological polar surface area (TPSA) is 93.4 Å². The molecule has 150 valence electrons. The van der Waals surface area contributed by atoms with Crippen molar-refractivity contribution in [3.8, 4) is 16.9 Å². The third-order valence-corrected chi connectivity index (χ3v) is 4.40. The third kappa shape index (κ3) is 5.52. The van der Waals surface area contributed by atoms with E-state index in [2.05, 4.69) is 20.2 Å². The molecule has 0 bridgehead atoms. The largest absolute Gasteiger partial charge is 0.492 e. The van der Waals surface area contributed by atoms with Crippen LogP contribution in [0.15, 0.2) is 54.9 Å². The van der Waals surface area contributed by atoms with Gasteiger partial charge >= 0.3 is 0 Å². The molecule has 0 radical (unpaired) electrons. The van der Waals surface area contributed by atoms with Crippen molar-refractivity contribution in [1.29, 1.82) is 0 Å². The van der Waals surface area contributed by atoms with Crippen molar-refractivity contribution in [2.75, 3.05) is 38.3 Å². The van der Waals surface area contributed by atoms with Crippen molar-refractivity contribution in [3.63, 3.8) is 0 Å². The summed E-state index contributed by atoms with van der Waals surface area (Å²) in [7, 11) is 4.00. The molecule has 0 aliphatic carbocycles. The average Bonchev–Trinajstić information content (AvgIpc) is 2.70. The number of benzene rings is 2. The number of nitrogens with zero attached hydrogens (tertiary/aromatic N) is 3. The number of anilines is 2. The molecule has 7 heteroatoms. The van der Waals surface area contributed by atoms with E-state index in [0.717, 1.165) is 29.0 Å². The molecular formula is C22H25N5O2. The number of rotatable bonds is 7. The zero-order valence-electron chi connectivity index (χ0n) is 16.8. The summed E-state index contributed by atoms with van der Waals surface area (Å²) in [6.07, 6.45) is 3.31. The molecule has 1 aromatic heterocycles. The second kappa shape index (κ2) is 9.16. The molecule has 1 amide bonds. The minimum atomic E-state index is -0.191. The fourth-order valence-electron chi connectivity index (χ4n) is 2.74. The van der Waals surface area contributed by atoms with Gasteiger partial charge in [-0.15, -0.1) is 0 Å². The first-order chi connectivity index (χ1) is 13.9. The van der Waals surface area contributed by atoms with E-state index in [9.17, 15) is 4.79 Å². The SMILES string of the molecule is Cc1ccc(C(=O)Nc2ccc(OCCN(C)C)cc2)cc1-c1cnc(N)nc1. The molecule has 3 N–H and O–H groups in total. The highest BCUT2D eigenvalue weighted by molar-refractivity contribution is 6.05. The molecule has 0 atom stereocenters. The molecule has 7 nitrogen and oxygen atoms in total. The number of aryl methyl sites for hydroxylation is 1. The highest BCUT2D eigenvalue weighted by atomic mass is 16.5.